The van der Waals surface area contributed by atoms with Crippen LogP contribution in [0.5, 0.6) is 0 Å². The number of likely N-dealkylation sites (tertiary alicyclic amines) is 4. The van der Waals surface area contributed by atoms with Gasteiger partial charge in [0, 0.05) is 97.1 Å². The van der Waals surface area contributed by atoms with Gasteiger partial charge in [0.05, 0.1) is 103 Å². The third kappa shape index (κ3) is 41.7. The van der Waals surface area contributed by atoms with Gasteiger partial charge < -0.3 is 84.5 Å². The van der Waals surface area contributed by atoms with Crippen LogP contribution in [0.2, 0.25) is 0 Å². The molecule has 5 fully saturated rings. The number of alkyl halides is 1. The minimum absolute atomic E-state index is 0. The number of carbonyl (C=O) groups is 4. The minimum Gasteiger partial charge on any atom is -0.444 e. The summed E-state index contributed by atoms with van der Waals surface area (Å²) < 4.78 is 44.8. The number of nitro groups is 2. The number of aliphatic hydroxyl groups is 1. The van der Waals surface area contributed by atoms with Crippen LogP contribution in [0.4, 0.5) is 36.2 Å². The molecule has 8 heterocycles. The molecule has 28 nitrogen and oxygen atoms in total. The number of thioether (sulfide) groups is 1. The molecule has 5 aliphatic rings. The number of benzene rings is 5. The number of anilines is 1. The predicted octanol–water partition coefficient (Wildman–Crippen LogP) is 20.6. The van der Waals surface area contributed by atoms with Gasteiger partial charge in [0.15, 0.2) is 0 Å². The van der Waals surface area contributed by atoms with Crippen LogP contribution in [0, 0.1) is 36.5 Å². The molecular weight excluding hydrogens is 1880 g/mol. The second kappa shape index (κ2) is 53.4. The number of thiophene rings is 3. The van der Waals surface area contributed by atoms with E-state index in [4.69, 9.17) is 59.9 Å². The van der Waals surface area contributed by atoms with Gasteiger partial charge in [0.1, 0.15) is 27.4 Å². The highest BCUT2D eigenvalue weighted by atomic mass is 127. The van der Waals surface area contributed by atoms with Crippen molar-refractivity contribution in [3.05, 3.63) is 248 Å². The number of β-amino-alcohol motifs (C(OH)–C–C–N with tert-alkyl or cyclic N) is 1. The van der Waals surface area contributed by atoms with Crippen LogP contribution in [0.15, 0.2) is 174 Å². The Morgan fingerprint density at radius 2 is 0.795 bits per heavy atom. The van der Waals surface area contributed by atoms with Gasteiger partial charge in [-0.3, -0.25) is 25.6 Å². The monoisotopic (exact) mass is 2000 g/mol. The molecular formula is C93H125BrIN11O17S4. The fourth-order valence-corrected chi connectivity index (χ4v) is 15.7. The number of nitro benzene ring substituents is 2. The molecule has 0 radical (unpaired) electrons. The molecule has 5 unspecified atom stereocenters. The van der Waals surface area contributed by atoms with Crippen molar-refractivity contribution in [3.63, 3.8) is 0 Å². The second-order valence-corrected chi connectivity index (χ2v) is 38.6. The average molecular weight is 2000 g/mol. The summed E-state index contributed by atoms with van der Waals surface area (Å²) in [6.07, 6.45) is 6.12. The van der Waals surface area contributed by atoms with Gasteiger partial charge in [-0.25, -0.2) is 19.2 Å². The zero-order chi connectivity index (χ0) is 92.2. The Balaban J connectivity index is 0.000000234. The number of nitrogens with two attached hydrogens (primary N) is 1. The molecule has 0 spiro atoms. The zero-order valence-electron chi connectivity index (χ0n) is 74.8. The molecule has 0 saturated carbocycles. The molecule has 5 saturated heterocycles. The molecule has 0 bridgehead atoms. The van der Waals surface area contributed by atoms with E-state index in [1.54, 1.807) is 73.0 Å². The van der Waals surface area contributed by atoms with Crippen LogP contribution in [0.1, 0.15) is 169 Å². The SMILES string of the molecule is CC(C)(C)OC(=O)N1CCC(O)C1.CC(C)(C)OC(=O)N1CCC(OCc2cccc(CC(=N)c3cccs3)c2)C1.CC(C)(C)OC(=O)N1CCC(OCc2cccc(N)c2)C1.CC(C)(C)OC(=O)N1CCC(OCc2cccc([N+](=O)[O-])c2)C1.CSC(=N)c1cccs1.I.N=C(Cc1cccc(COC2CCNC2)c1)c1cccs1.O=[N+]([O-])c1cccc(CBr)c1. The quantitative estimate of drug-likeness (QED) is 0.00536. The number of nitrogen functional groups attached to an aromatic ring is 1. The van der Waals surface area contributed by atoms with Gasteiger partial charge in [-0.1, -0.05) is 119 Å². The summed E-state index contributed by atoms with van der Waals surface area (Å²) >= 11 is 9.53. The van der Waals surface area contributed by atoms with E-state index in [0.717, 1.165) is 86.9 Å². The Hall–Kier alpha value is -8.79. The van der Waals surface area contributed by atoms with Crippen LogP contribution in [0.3, 0.4) is 0 Å². The van der Waals surface area contributed by atoms with E-state index in [0.29, 0.717) is 119 Å². The summed E-state index contributed by atoms with van der Waals surface area (Å²) in [6, 6.07) is 49.0. The molecule has 8 aromatic rings. The molecule has 4 amide bonds. The number of carbonyl (C=O) groups excluding carboxylic acids is 4. The maximum Gasteiger partial charge on any atom is 0.410 e. The number of amides is 4. The van der Waals surface area contributed by atoms with Gasteiger partial charge in [-0.05, 0) is 213 Å². The van der Waals surface area contributed by atoms with Crippen molar-refractivity contribution in [2.45, 2.75) is 213 Å². The van der Waals surface area contributed by atoms with E-state index in [1.165, 1.54) is 46.0 Å². The number of ether oxygens (including phenoxy) is 8. The molecule has 3 aromatic heterocycles. The number of hydrogen-bond donors (Lipinski definition) is 6. The molecule has 34 heteroatoms. The summed E-state index contributed by atoms with van der Waals surface area (Å²) in [5.41, 5.74) is 13.4. The van der Waals surface area contributed by atoms with Crippen molar-refractivity contribution < 1.29 is 72.0 Å². The first-order chi connectivity index (χ1) is 59.6. The fourth-order valence-electron chi connectivity index (χ4n) is 12.8. The van der Waals surface area contributed by atoms with E-state index in [2.05, 4.69) is 51.6 Å². The highest BCUT2D eigenvalue weighted by molar-refractivity contribution is 14.0. The van der Waals surface area contributed by atoms with Crippen molar-refractivity contribution in [3.8, 4) is 0 Å². The topological polar surface area (TPSA) is 371 Å². The summed E-state index contributed by atoms with van der Waals surface area (Å²) in [5, 5.41) is 64.6. The summed E-state index contributed by atoms with van der Waals surface area (Å²) in [7, 11) is 0. The van der Waals surface area contributed by atoms with Gasteiger partial charge in [0.2, 0.25) is 0 Å². The number of aliphatic hydroxyl groups excluding tert-OH is 1. The Labute approximate surface area is 788 Å². The van der Waals surface area contributed by atoms with Gasteiger partial charge in [-0.15, -0.1) is 69.7 Å². The molecule has 5 atom stereocenters. The predicted molar refractivity (Wildman–Crippen MR) is 520 cm³/mol. The number of hydrogen-bond acceptors (Lipinski definition) is 26. The van der Waals surface area contributed by atoms with Crippen molar-refractivity contribution in [1.29, 1.82) is 16.2 Å². The van der Waals surface area contributed by atoms with E-state index < -0.39 is 32.3 Å². The number of nitrogens with zero attached hydrogens (tertiary/aromatic N) is 6. The van der Waals surface area contributed by atoms with E-state index in [-0.39, 0.29) is 90.7 Å². The van der Waals surface area contributed by atoms with Crippen molar-refractivity contribution in [2.24, 2.45) is 0 Å². The lowest BCUT2D eigenvalue weighted by Crippen LogP contribution is -2.36. The van der Waals surface area contributed by atoms with Crippen molar-refractivity contribution in [2.75, 3.05) is 77.4 Å². The smallest absolute Gasteiger partial charge is 0.410 e. The number of non-ortho nitro benzene ring substituents is 2. The molecule has 127 heavy (non-hydrogen) atoms. The first kappa shape index (κ1) is 107. The highest BCUT2D eigenvalue weighted by Crippen LogP contribution is 2.27. The molecule has 692 valence electrons. The molecule has 7 N–H and O–H groups in total. The summed E-state index contributed by atoms with van der Waals surface area (Å²) in [4.78, 5) is 77.4. The summed E-state index contributed by atoms with van der Waals surface area (Å²) in [6.45, 7) is 30.8. The molecule has 13 rings (SSSR count). The summed E-state index contributed by atoms with van der Waals surface area (Å²) in [5.74, 6) is 0. The average Bonchev–Trinajstić information content (AvgIpc) is 1.71. The maximum atomic E-state index is 12.2. The van der Waals surface area contributed by atoms with E-state index >= 15 is 0 Å². The number of rotatable bonds is 22. The number of nitrogens with one attached hydrogen (secondary N) is 4. The lowest BCUT2D eigenvalue weighted by atomic mass is 10.0. The third-order valence-electron chi connectivity index (χ3n) is 18.8. The standard InChI is InChI=1S/C22H28N2O3S.C17H20N2OS.C16H22N2O5.C16H24N2O3.C9H17NO3.C7H6BrNO2.C6H7NS2.HI/c1-22(2,3)27-21(25)24-10-9-18(14-24)26-15-17-7-4-6-16(12-17)13-19(23)20-8-5-11-28-20;18-16(17-5-2-8-21-17)10-13-3-1-4-14(9-13)12-20-15-6-7-19-11-15;1-16(2,3)23-15(19)17-8-7-14(10-17)22-11-12-5-4-6-13(9-12)18(20)21;1-16(2,3)21-15(19)18-8-7-14(10-18)20-11-12-5-4-6-13(17)9-12;1-9(2,3)13-8(12)10-5-4-7(11)6-10;8-5-6-2-1-3-7(4-6)9(10)11;1-8-6(7)5-3-2-4-9-5;/h4-8,11-12,18,23H,9-10,13-15H2,1-3H3;1-5,8-9,15,18-19H,6-7,10-12H2;4-6,9,14H,7-8,10-11H2,1-3H3;4-6,9,14H,7-8,10-11,17H2,1-3H3;7,11H,4-6H2,1-3H3;1-4H,5H2;2-4,7H,1H3;1H. The number of halogens is 2. The van der Waals surface area contributed by atoms with Crippen LogP contribution >= 0.6 is 85.7 Å². The molecule has 5 aliphatic heterocycles. The fraction of sp³-hybridized carbons (Fsp3) is 0.473. The van der Waals surface area contributed by atoms with Crippen molar-refractivity contribution in [1.82, 2.24) is 24.9 Å². The van der Waals surface area contributed by atoms with Crippen LogP contribution < -0.4 is 11.1 Å². The van der Waals surface area contributed by atoms with Gasteiger partial charge in [0.25, 0.3) is 11.4 Å². The Morgan fingerprint density at radius 1 is 0.465 bits per heavy atom. The van der Waals surface area contributed by atoms with Crippen LogP contribution in [0.25, 0.3) is 0 Å². The molecule has 0 aliphatic carbocycles. The lowest BCUT2D eigenvalue weighted by Gasteiger charge is -2.24. The van der Waals surface area contributed by atoms with Crippen molar-refractivity contribution >= 4 is 144 Å². The first-order valence-electron chi connectivity index (χ1n) is 41.8. The Kier molecular flexibility index (Phi) is 45.0. The van der Waals surface area contributed by atoms with Crippen LogP contribution in [-0.2, 0) is 82.5 Å². The van der Waals surface area contributed by atoms with Gasteiger partial charge in [-0.2, -0.15) is 0 Å². The largest absolute Gasteiger partial charge is 0.444 e. The van der Waals surface area contributed by atoms with Crippen LogP contribution in [-0.4, -0.2) is 200 Å². The Morgan fingerprint density at radius 3 is 1.13 bits per heavy atom. The minimum atomic E-state index is -0.515. The molecule has 5 aromatic carbocycles. The zero-order valence-corrected chi connectivity index (χ0v) is 82.0. The van der Waals surface area contributed by atoms with Gasteiger partial charge >= 0.3 is 24.4 Å². The lowest BCUT2D eigenvalue weighted by molar-refractivity contribution is -0.385. The normalized spacial score (nSPS) is 17.0. The van der Waals surface area contributed by atoms with E-state index in [9.17, 15) is 44.5 Å². The highest BCUT2D eigenvalue weighted by Gasteiger charge is 2.34. The third-order valence-corrected chi connectivity index (χ3v) is 23.0. The maximum absolute atomic E-state index is 12.2. The van der Waals surface area contributed by atoms with E-state index in [1.807, 2.05) is 190 Å². The Bertz CT molecular complexity index is 4750. The second-order valence-electron chi connectivity index (χ2n) is 34.4. The first-order valence-corrected chi connectivity index (χ1v) is 46.8.